The Morgan fingerprint density at radius 3 is 1.12 bits per heavy atom. The van der Waals surface area contributed by atoms with E-state index in [0.29, 0.717) is 0 Å². The van der Waals surface area contributed by atoms with E-state index in [1.54, 1.807) is 0 Å². The molecule has 0 radical (unpaired) electrons. The molecule has 0 aliphatic rings. The van der Waals surface area contributed by atoms with E-state index in [1.165, 1.54) is 11.1 Å². The molecule has 2 aromatic carbocycles. The van der Waals surface area contributed by atoms with Crippen molar-refractivity contribution in [2.75, 3.05) is 0 Å². The number of halogens is 2. The molecule has 2 aromatic rings. The zero-order chi connectivity index (χ0) is 12.9. The van der Waals surface area contributed by atoms with E-state index >= 15 is 0 Å². The van der Waals surface area contributed by atoms with Crippen molar-refractivity contribution in [2.24, 2.45) is 0 Å². The van der Waals surface area contributed by atoms with Crippen molar-refractivity contribution >= 4 is 18.8 Å². The summed E-state index contributed by atoms with van der Waals surface area (Å²) in [5, 5.41) is 0. The number of hydrogen-bond acceptors (Lipinski definition) is 0. The molecule has 0 aromatic heterocycles. The summed E-state index contributed by atoms with van der Waals surface area (Å²) in [6.07, 6.45) is 2.32. The minimum atomic E-state index is -0.806. The molecule has 3 heteroatoms. The van der Waals surface area contributed by atoms with Gasteiger partial charge in [0.2, 0.25) is 0 Å². The Morgan fingerprint density at radius 1 is 0.765 bits per heavy atom. The van der Waals surface area contributed by atoms with Crippen LogP contribution in [0.4, 0.5) is 0 Å². The van der Waals surface area contributed by atoms with Crippen LogP contribution in [-0.2, 0) is 29.3 Å². The normalized spacial score (nSPS) is 8.71. The Balaban J connectivity index is 0.000000247. The van der Waals surface area contributed by atoms with Gasteiger partial charge < -0.3 is 0 Å². The Labute approximate surface area is 121 Å². The van der Waals surface area contributed by atoms with Gasteiger partial charge in [0.15, 0.2) is 0 Å². The van der Waals surface area contributed by atoms with Gasteiger partial charge in [-0.3, -0.25) is 0 Å². The maximum atomic E-state index is 4.93. The molecule has 0 spiro atoms. The molecule has 0 aliphatic heterocycles. The summed E-state index contributed by atoms with van der Waals surface area (Å²) in [5.41, 5.74) is 2.86. The third-order valence-electron chi connectivity index (χ3n) is 2.28. The minimum absolute atomic E-state index is 0.806. The summed E-state index contributed by atoms with van der Waals surface area (Å²) in [6.45, 7) is 4.32. The topological polar surface area (TPSA) is 0 Å². The molecule has 0 amide bonds. The van der Waals surface area contributed by atoms with Crippen molar-refractivity contribution < 1.29 is 16.5 Å². The predicted octanol–water partition coefficient (Wildman–Crippen LogP) is 5.31. The van der Waals surface area contributed by atoms with Gasteiger partial charge >= 0.3 is 35.3 Å². The third kappa shape index (κ3) is 9.65. The summed E-state index contributed by atoms with van der Waals surface area (Å²) in [7, 11) is 9.86. The zero-order valence-corrected chi connectivity index (χ0v) is 14.6. The van der Waals surface area contributed by atoms with Gasteiger partial charge in [0, 0.05) is 0 Å². The fourth-order valence-corrected chi connectivity index (χ4v) is 1.30. The van der Waals surface area contributed by atoms with Gasteiger partial charge in [0.05, 0.1) is 0 Å². The van der Waals surface area contributed by atoms with E-state index in [0.717, 1.165) is 12.8 Å². The molecule has 0 aliphatic carbocycles. The second kappa shape index (κ2) is 12.4. The predicted molar refractivity (Wildman–Crippen MR) is 74.5 cm³/mol. The van der Waals surface area contributed by atoms with Crippen molar-refractivity contribution in [1.82, 2.24) is 0 Å². The van der Waals surface area contributed by atoms with Gasteiger partial charge in [-0.2, -0.15) is 35.4 Å². The van der Waals surface area contributed by atoms with E-state index in [4.69, 9.17) is 18.8 Å². The fourth-order valence-electron chi connectivity index (χ4n) is 1.30. The summed E-state index contributed by atoms with van der Waals surface area (Å²) in [4.78, 5) is 0. The molecule has 0 saturated carbocycles. The molecule has 0 N–H and O–H groups in total. The van der Waals surface area contributed by atoms with Gasteiger partial charge in [-0.1, -0.05) is 26.7 Å². The first-order valence-electron chi connectivity index (χ1n) is 5.58. The van der Waals surface area contributed by atoms with Gasteiger partial charge in [-0.15, -0.1) is 0 Å². The summed E-state index contributed by atoms with van der Waals surface area (Å²) in [5.74, 6) is 0. The summed E-state index contributed by atoms with van der Waals surface area (Å²) < 4.78 is 0. The van der Waals surface area contributed by atoms with Crippen molar-refractivity contribution in [2.45, 2.75) is 26.7 Å². The molecular formula is C14H18Cl2W-2. The van der Waals surface area contributed by atoms with Crippen molar-refractivity contribution in [3.63, 3.8) is 0 Å². The Bertz CT molecular complexity index is 291. The van der Waals surface area contributed by atoms with Gasteiger partial charge in [0.1, 0.15) is 0 Å². The second-order valence-corrected chi connectivity index (χ2v) is 7.59. The Morgan fingerprint density at radius 2 is 1.00 bits per heavy atom. The number of hydrogen-bond donors (Lipinski definition) is 0. The SMILES string of the molecule is CC[c-]1cccc1.CC[c-]1cccc1.[Cl][W][Cl]. The second-order valence-electron chi connectivity index (χ2n) is 3.35. The molecule has 2 rings (SSSR count). The van der Waals surface area contributed by atoms with E-state index in [1.807, 2.05) is 0 Å². The summed E-state index contributed by atoms with van der Waals surface area (Å²) >= 11 is -0.806. The molecule has 0 saturated heterocycles. The maximum absolute atomic E-state index is 4.93. The van der Waals surface area contributed by atoms with Crippen LogP contribution in [-0.4, -0.2) is 0 Å². The van der Waals surface area contributed by atoms with E-state index < -0.39 is 16.5 Å². The molecule has 0 heterocycles. The van der Waals surface area contributed by atoms with Gasteiger partial charge in [0.25, 0.3) is 0 Å². The Hall–Kier alpha value is -0.0317. The van der Waals surface area contributed by atoms with Crippen LogP contribution in [0.3, 0.4) is 0 Å². The van der Waals surface area contributed by atoms with Crippen molar-refractivity contribution in [3.05, 3.63) is 59.7 Å². The molecule has 96 valence electrons. The van der Waals surface area contributed by atoms with Crippen LogP contribution >= 0.6 is 18.8 Å². The van der Waals surface area contributed by atoms with Crippen molar-refractivity contribution in [1.29, 1.82) is 0 Å². The fraction of sp³-hybridized carbons (Fsp3) is 0.286. The standard InChI is InChI=1S/2C7H9.2ClH.W/c2*1-2-7-5-3-4-6-7;;;/h2*3-6H,2H2,1H3;2*1H;/q2*-1;;;+2/p-2. The number of rotatable bonds is 2. The molecule has 17 heavy (non-hydrogen) atoms. The van der Waals surface area contributed by atoms with Crippen LogP contribution in [0.2, 0.25) is 0 Å². The van der Waals surface area contributed by atoms with Gasteiger partial charge in [-0.25, -0.2) is 24.3 Å². The van der Waals surface area contributed by atoms with Crippen LogP contribution in [0.15, 0.2) is 48.5 Å². The first-order chi connectivity index (χ1) is 8.28. The Kier molecular flexibility index (Phi) is 12.4. The molecule has 0 nitrogen and oxygen atoms in total. The quantitative estimate of drug-likeness (QED) is 0.555. The van der Waals surface area contributed by atoms with Crippen molar-refractivity contribution in [3.8, 4) is 0 Å². The van der Waals surface area contributed by atoms with E-state index in [9.17, 15) is 0 Å². The molecular weight excluding hydrogens is 423 g/mol. The first kappa shape index (κ1) is 17.0. The number of aryl methyl sites for hydroxylation is 2. The average molecular weight is 441 g/mol. The van der Waals surface area contributed by atoms with Crippen LogP contribution < -0.4 is 0 Å². The van der Waals surface area contributed by atoms with Crippen LogP contribution in [0.25, 0.3) is 0 Å². The zero-order valence-electron chi connectivity index (χ0n) is 10.2. The molecule has 0 fully saturated rings. The molecule has 0 bridgehead atoms. The molecule has 0 atom stereocenters. The van der Waals surface area contributed by atoms with Gasteiger partial charge in [-0.05, 0) is 0 Å². The first-order valence-corrected chi connectivity index (χ1v) is 12.9. The van der Waals surface area contributed by atoms with Crippen LogP contribution in [0.5, 0.6) is 0 Å². The van der Waals surface area contributed by atoms with Crippen LogP contribution in [0, 0.1) is 0 Å². The van der Waals surface area contributed by atoms with Crippen LogP contribution in [0.1, 0.15) is 25.0 Å². The van der Waals surface area contributed by atoms with E-state index in [2.05, 4.69) is 62.4 Å². The van der Waals surface area contributed by atoms with E-state index in [-0.39, 0.29) is 0 Å². The third-order valence-corrected chi connectivity index (χ3v) is 2.28. The summed E-state index contributed by atoms with van der Waals surface area (Å²) in [6, 6.07) is 16.8. The average Bonchev–Trinajstić information content (AvgIpc) is 3.04. The molecule has 0 unspecified atom stereocenters. The monoisotopic (exact) mass is 440 g/mol.